The molecule has 0 aliphatic rings. The van der Waals surface area contributed by atoms with Gasteiger partial charge < -0.3 is 49.3 Å². The molecule has 0 heterocycles. The van der Waals surface area contributed by atoms with Gasteiger partial charge in [-0.05, 0) is 0 Å². The van der Waals surface area contributed by atoms with E-state index in [1.807, 2.05) is 0 Å². The minimum atomic E-state index is -4.67. The van der Waals surface area contributed by atoms with Crippen molar-refractivity contribution < 1.29 is 102 Å². The van der Waals surface area contributed by atoms with Gasteiger partial charge in [0.1, 0.15) is 0 Å². The first-order valence-electron chi connectivity index (χ1n) is 0.698. The molecule has 0 fully saturated rings. The van der Waals surface area contributed by atoms with Gasteiger partial charge in [-0.2, -0.15) is 8.42 Å². The number of hydrogen-bond acceptors (Lipinski definition) is 2. The zero-order valence-electron chi connectivity index (χ0n) is 7.20. The summed E-state index contributed by atoms with van der Waals surface area (Å²) in [6, 6.07) is 0. The summed E-state index contributed by atoms with van der Waals surface area (Å²) in [5.74, 6) is 0. The Morgan fingerprint density at radius 2 is 0.533 bits per heavy atom. The van der Waals surface area contributed by atoms with E-state index in [4.69, 9.17) is 17.5 Å². The molecule has 0 amide bonds. The maximum atomic E-state index is 8.74. The molecule has 0 unspecified atom stereocenters. The van der Waals surface area contributed by atoms with Crippen LogP contribution >= 0.6 is 0 Å². The Bertz CT molecular complexity index is 93.7. The van der Waals surface area contributed by atoms with E-state index < -0.39 is 10.4 Å². The van der Waals surface area contributed by atoms with Crippen LogP contribution in [0.4, 0.5) is 0 Å². The Kier molecular flexibility index (Phi) is 628. The largest absolute Gasteiger partial charge is 0.412 e. The zero-order valence-corrected chi connectivity index (χ0v) is 11.6. The van der Waals surface area contributed by atoms with E-state index in [1.165, 1.54) is 0 Å². The van der Waals surface area contributed by atoms with E-state index in [-0.39, 0.29) is 84.9 Å². The summed E-state index contributed by atoms with van der Waals surface area (Å²) in [7, 11) is -4.67. The monoisotopic (exact) mass is 399 g/mol. The normalized spacial score (nSPS) is 3.87. The van der Waals surface area contributed by atoms with Crippen molar-refractivity contribution >= 4 is 10.4 Å². The summed E-state index contributed by atoms with van der Waals surface area (Å²) < 4.78 is 31.6. The van der Waals surface area contributed by atoms with E-state index in [0.29, 0.717) is 0 Å². The van der Waals surface area contributed by atoms with Crippen LogP contribution in [0.25, 0.3) is 0 Å². The third-order valence-electron chi connectivity index (χ3n) is 0. The van der Waals surface area contributed by atoms with E-state index in [0.717, 1.165) is 0 Å². The van der Waals surface area contributed by atoms with Crippen molar-refractivity contribution in [3.63, 3.8) is 0 Å². The maximum Gasteiger partial charge on any atom is 0.394 e. The van der Waals surface area contributed by atoms with Gasteiger partial charge in [-0.25, -0.2) is 0 Å². The molecular weight excluding hydrogens is 379 g/mol. The van der Waals surface area contributed by atoms with Crippen LogP contribution in [0.1, 0.15) is 0 Å². The Morgan fingerprint density at radius 1 is 0.533 bits per heavy atom. The molecule has 0 atom stereocenters. The molecule has 0 saturated heterocycles. The van der Waals surface area contributed by atoms with Crippen molar-refractivity contribution in [1.82, 2.24) is 0 Å². The molecule has 0 aliphatic carbocycles. The van der Waals surface area contributed by atoms with Gasteiger partial charge in [0.2, 0.25) is 0 Å². The SMILES string of the molecule is O.O.O.O.O.O.O.O.O.O=S(=O)(O)O.[La]. The van der Waals surface area contributed by atoms with Crippen LogP contribution < -0.4 is 0 Å². The third kappa shape index (κ3) is 4780. The number of rotatable bonds is 0. The topological polar surface area (TPSA) is 358 Å². The molecule has 0 aliphatic heterocycles. The van der Waals surface area contributed by atoms with Gasteiger partial charge in [-0.1, -0.05) is 0 Å². The van der Waals surface area contributed by atoms with Crippen molar-refractivity contribution in [2.45, 2.75) is 0 Å². The van der Waals surface area contributed by atoms with Crippen LogP contribution in [0, 0.1) is 35.6 Å². The number of hydrogen-bond donors (Lipinski definition) is 2. The summed E-state index contributed by atoms with van der Waals surface area (Å²) in [6.45, 7) is 0. The fourth-order valence-corrected chi connectivity index (χ4v) is 0. The second kappa shape index (κ2) is 61.4. The van der Waals surface area contributed by atoms with Crippen LogP contribution in [-0.2, 0) is 10.4 Å². The van der Waals surface area contributed by atoms with Crippen molar-refractivity contribution in [1.29, 1.82) is 0 Å². The van der Waals surface area contributed by atoms with E-state index >= 15 is 0 Å². The molecule has 13 nitrogen and oxygen atoms in total. The second-order valence-electron chi connectivity index (χ2n) is 0.448. The molecule has 0 aromatic heterocycles. The average Bonchev–Trinajstić information content (AvgIpc) is 0.722. The molecule has 15 heavy (non-hydrogen) atoms. The third-order valence-corrected chi connectivity index (χ3v) is 0. The summed E-state index contributed by atoms with van der Waals surface area (Å²) in [4.78, 5) is 0. The van der Waals surface area contributed by atoms with Gasteiger partial charge in [-0.15, -0.1) is 0 Å². The molecule has 0 spiro atoms. The molecule has 1 radical (unpaired) electrons. The van der Waals surface area contributed by atoms with Gasteiger partial charge in [0.05, 0.1) is 0 Å². The second-order valence-corrected chi connectivity index (χ2v) is 1.34. The van der Waals surface area contributed by atoms with Crippen LogP contribution in [0.2, 0.25) is 0 Å². The van der Waals surface area contributed by atoms with Gasteiger partial charge >= 0.3 is 10.4 Å². The minimum Gasteiger partial charge on any atom is -0.412 e. The Morgan fingerprint density at radius 3 is 0.533 bits per heavy atom. The first-order valence-corrected chi connectivity index (χ1v) is 2.10. The molecule has 0 bridgehead atoms. The Labute approximate surface area is 112 Å². The van der Waals surface area contributed by atoms with Crippen LogP contribution in [0.3, 0.4) is 0 Å². The van der Waals surface area contributed by atoms with Gasteiger partial charge in [0.25, 0.3) is 0 Å². The molecule has 0 aromatic rings. The van der Waals surface area contributed by atoms with Crippen LogP contribution in [0.15, 0.2) is 0 Å². The predicted molar refractivity (Wildman–Crippen MR) is 46.7 cm³/mol. The molecular formula is H20LaO13S. The first-order chi connectivity index (χ1) is 2.00. The van der Waals surface area contributed by atoms with Crippen molar-refractivity contribution in [2.24, 2.45) is 0 Å². The molecule has 0 rings (SSSR count). The summed E-state index contributed by atoms with van der Waals surface area (Å²) in [6.07, 6.45) is 0. The zero-order chi connectivity index (χ0) is 4.50. The molecule has 107 valence electrons. The fourth-order valence-electron chi connectivity index (χ4n) is 0. The van der Waals surface area contributed by atoms with Crippen LogP contribution in [-0.4, -0.2) is 66.8 Å². The summed E-state index contributed by atoms with van der Waals surface area (Å²) >= 11 is 0. The van der Waals surface area contributed by atoms with Crippen molar-refractivity contribution in [3.8, 4) is 0 Å². The first kappa shape index (κ1) is 153. The maximum absolute atomic E-state index is 8.74. The van der Waals surface area contributed by atoms with Crippen LogP contribution in [0.5, 0.6) is 0 Å². The summed E-state index contributed by atoms with van der Waals surface area (Å²) in [5, 5.41) is 0. The quantitative estimate of drug-likeness (QED) is 0.374. The fraction of sp³-hybridized carbons (Fsp3) is 0. The van der Waals surface area contributed by atoms with E-state index in [2.05, 4.69) is 0 Å². The average molecular weight is 399 g/mol. The van der Waals surface area contributed by atoms with Gasteiger partial charge in [-0.3, -0.25) is 9.11 Å². The standard InChI is InChI=1S/La.H2O4S.9H2O/c;1-5(2,3)4;;;;;;;;;/h;(H2,1,2,3,4);9*1H2. The van der Waals surface area contributed by atoms with Crippen molar-refractivity contribution in [2.75, 3.05) is 0 Å². The summed E-state index contributed by atoms with van der Waals surface area (Å²) in [5.41, 5.74) is 0. The minimum absolute atomic E-state index is 0. The Hall–Kier alpha value is 0.705. The Balaban J connectivity index is -0.00000000178. The predicted octanol–water partition coefficient (Wildman–Crippen LogP) is -8.08. The van der Waals surface area contributed by atoms with Crippen molar-refractivity contribution in [3.05, 3.63) is 0 Å². The molecule has 0 saturated carbocycles. The molecule has 20 N–H and O–H groups in total. The van der Waals surface area contributed by atoms with Gasteiger partial charge in [0.15, 0.2) is 0 Å². The van der Waals surface area contributed by atoms with Gasteiger partial charge in [0, 0.05) is 35.6 Å². The molecule has 15 heteroatoms. The molecule has 0 aromatic carbocycles. The smallest absolute Gasteiger partial charge is 0.394 e. The van der Waals surface area contributed by atoms with E-state index in [9.17, 15) is 0 Å². The van der Waals surface area contributed by atoms with E-state index in [1.54, 1.807) is 0 Å².